The largest absolute Gasteiger partial charge is 0.497 e. The minimum Gasteiger partial charge on any atom is -0.497 e. The number of carbonyl (C=O) groups excluding carboxylic acids is 2. The van der Waals surface area contributed by atoms with E-state index in [1.165, 1.54) is 26.2 Å². The normalized spacial score (nSPS) is 12.0. The van der Waals surface area contributed by atoms with Gasteiger partial charge < -0.3 is 14.8 Å². The van der Waals surface area contributed by atoms with E-state index in [0.717, 1.165) is 6.26 Å². The van der Waals surface area contributed by atoms with Gasteiger partial charge in [0.2, 0.25) is 10.0 Å². The Bertz CT molecular complexity index is 925. The first-order valence-electron chi connectivity index (χ1n) is 7.92. The van der Waals surface area contributed by atoms with Gasteiger partial charge in [-0.25, -0.2) is 13.2 Å². The van der Waals surface area contributed by atoms with Crippen LogP contribution in [0.25, 0.3) is 0 Å². The Morgan fingerprint density at radius 2 is 1.67 bits per heavy atom. The Hall–Kier alpha value is -3.07. The van der Waals surface area contributed by atoms with Gasteiger partial charge in [0.05, 0.1) is 24.6 Å². The van der Waals surface area contributed by atoms with Crippen LogP contribution in [0.2, 0.25) is 0 Å². The number of anilines is 2. The van der Waals surface area contributed by atoms with Crippen LogP contribution < -0.4 is 14.8 Å². The molecule has 1 atom stereocenters. The van der Waals surface area contributed by atoms with Gasteiger partial charge in [0.25, 0.3) is 5.91 Å². The minimum atomic E-state index is -3.57. The average molecular weight is 392 g/mol. The molecule has 0 fully saturated rings. The first-order chi connectivity index (χ1) is 12.7. The van der Waals surface area contributed by atoms with Crippen LogP contribution in [-0.2, 0) is 19.6 Å². The van der Waals surface area contributed by atoms with Crippen LogP contribution >= 0.6 is 0 Å². The summed E-state index contributed by atoms with van der Waals surface area (Å²) in [6.45, 7) is 1.42. The highest BCUT2D eigenvalue weighted by atomic mass is 32.2. The first kappa shape index (κ1) is 20.2. The Kier molecular flexibility index (Phi) is 6.40. The smallest absolute Gasteiger partial charge is 0.341 e. The molecule has 27 heavy (non-hydrogen) atoms. The zero-order valence-electron chi connectivity index (χ0n) is 15.1. The highest BCUT2D eigenvalue weighted by molar-refractivity contribution is 7.92. The summed E-state index contributed by atoms with van der Waals surface area (Å²) >= 11 is 0. The van der Waals surface area contributed by atoms with Crippen molar-refractivity contribution in [3.63, 3.8) is 0 Å². The lowest BCUT2D eigenvalue weighted by Gasteiger charge is -2.15. The molecular formula is C18H20N2O6S. The molecule has 0 heterocycles. The van der Waals surface area contributed by atoms with Gasteiger partial charge >= 0.3 is 5.97 Å². The van der Waals surface area contributed by atoms with Crippen molar-refractivity contribution in [2.45, 2.75) is 13.0 Å². The van der Waals surface area contributed by atoms with E-state index in [1.54, 1.807) is 36.4 Å². The van der Waals surface area contributed by atoms with Crippen LogP contribution in [0.4, 0.5) is 11.4 Å². The van der Waals surface area contributed by atoms with Crippen LogP contribution in [0.15, 0.2) is 48.5 Å². The zero-order chi connectivity index (χ0) is 20.0. The molecule has 0 saturated heterocycles. The Balaban J connectivity index is 2.05. The number of sulfonamides is 1. The third-order valence-corrected chi connectivity index (χ3v) is 4.04. The third kappa shape index (κ3) is 6.00. The highest BCUT2D eigenvalue weighted by Gasteiger charge is 2.21. The molecule has 2 N–H and O–H groups in total. The molecule has 1 amide bonds. The van der Waals surface area contributed by atoms with Crippen molar-refractivity contribution in [3.05, 3.63) is 54.1 Å². The minimum absolute atomic E-state index is 0.00650. The molecule has 144 valence electrons. The number of esters is 1. The number of para-hydroxylation sites is 1. The van der Waals surface area contributed by atoms with Gasteiger partial charge in [-0.2, -0.15) is 0 Å². The predicted molar refractivity (Wildman–Crippen MR) is 101 cm³/mol. The summed E-state index contributed by atoms with van der Waals surface area (Å²) in [6.07, 6.45) is -0.120. The molecule has 0 radical (unpaired) electrons. The molecule has 0 spiro atoms. The molecule has 0 unspecified atom stereocenters. The van der Waals surface area contributed by atoms with E-state index in [2.05, 4.69) is 10.0 Å². The monoisotopic (exact) mass is 392 g/mol. The van der Waals surface area contributed by atoms with Crippen molar-refractivity contribution in [1.29, 1.82) is 0 Å². The van der Waals surface area contributed by atoms with Crippen LogP contribution in [0.3, 0.4) is 0 Å². The second-order valence-electron chi connectivity index (χ2n) is 5.69. The van der Waals surface area contributed by atoms with E-state index >= 15 is 0 Å². The summed E-state index contributed by atoms with van der Waals surface area (Å²) in [6, 6.07) is 12.6. The molecule has 0 aromatic heterocycles. The number of hydrogen-bond acceptors (Lipinski definition) is 6. The second kappa shape index (κ2) is 8.54. The number of amides is 1. The number of carbonyl (C=O) groups is 2. The van der Waals surface area contributed by atoms with Gasteiger partial charge in [-0.05, 0) is 43.3 Å². The Labute approximate surface area is 157 Å². The van der Waals surface area contributed by atoms with Crippen molar-refractivity contribution >= 4 is 33.3 Å². The topological polar surface area (TPSA) is 111 Å². The van der Waals surface area contributed by atoms with Crippen LogP contribution in [-0.4, -0.2) is 39.8 Å². The molecule has 0 bridgehead atoms. The summed E-state index contributed by atoms with van der Waals surface area (Å²) in [5, 5.41) is 2.62. The molecule has 9 heteroatoms. The maximum absolute atomic E-state index is 12.3. The van der Waals surface area contributed by atoms with Crippen LogP contribution in [0.1, 0.15) is 17.3 Å². The van der Waals surface area contributed by atoms with Crippen molar-refractivity contribution < 1.29 is 27.5 Å². The summed E-state index contributed by atoms with van der Waals surface area (Å²) in [5.41, 5.74) is 0.600. The fourth-order valence-electron chi connectivity index (χ4n) is 2.15. The maximum atomic E-state index is 12.3. The zero-order valence-corrected chi connectivity index (χ0v) is 15.9. The molecular weight excluding hydrogens is 372 g/mol. The van der Waals surface area contributed by atoms with Gasteiger partial charge in [-0.3, -0.25) is 9.52 Å². The van der Waals surface area contributed by atoms with Gasteiger partial charge in [-0.1, -0.05) is 12.1 Å². The molecule has 2 aromatic carbocycles. The highest BCUT2D eigenvalue weighted by Crippen LogP contribution is 2.19. The molecule has 2 rings (SSSR count). The SMILES string of the molecule is COc1ccc(NC(=O)[C@@H](C)OC(=O)c2ccccc2NS(C)(=O)=O)cc1. The lowest BCUT2D eigenvalue weighted by molar-refractivity contribution is -0.123. The number of methoxy groups -OCH3 is 1. The average Bonchev–Trinajstić information content (AvgIpc) is 2.61. The standard InChI is InChI=1S/C18H20N2O6S/c1-12(17(21)19-13-8-10-14(25-2)11-9-13)26-18(22)15-6-4-5-7-16(15)20-27(3,23)24/h4-12,20H,1-3H3,(H,19,21)/t12-/m1/s1. The number of nitrogens with one attached hydrogen (secondary N) is 2. The fraction of sp³-hybridized carbons (Fsp3) is 0.222. The fourth-order valence-corrected chi connectivity index (χ4v) is 2.72. The van der Waals surface area contributed by atoms with Crippen LogP contribution in [0.5, 0.6) is 5.75 Å². The molecule has 2 aromatic rings. The van der Waals surface area contributed by atoms with Gasteiger partial charge in [0.1, 0.15) is 5.75 Å². The van der Waals surface area contributed by atoms with Crippen molar-refractivity contribution in [2.24, 2.45) is 0 Å². The molecule has 0 aliphatic carbocycles. The summed E-state index contributed by atoms with van der Waals surface area (Å²) in [5.74, 6) is -0.705. The van der Waals surface area contributed by atoms with E-state index in [-0.39, 0.29) is 11.3 Å². The number of hydrogen-bond donors (Lipinski definition) is 2. The van der Waals surface area contributed by atoms with Gasteiger partial charge in [-0.15, -0.1) is 0 Å². The van der Waals surface area contributed by atoms with E-state index in [0.29, 0.717) is 11.4 Å². The lowest BCUT2D eigenvalue weighted by atomic mass is 10.2. The second-order valence-corrected chi connectivity index (χ2v) is 7.43. The molecule has 0 aliphatic heterocycles. The van der Waals surface area contributed by atoms with Crippen molar-refractivity contribution in [1.82, 2.24) is 0 Å². The van der Waals surface area contributed by atoms with Gasteiger partial charge in [0.15, 0.2) is 6.10 Å². The van der Waals surface area contributed by atoms with Gasteiger partial charge in [0, 0.05) is 5.69 Å². The number of benzene rings is 2. The number of rotatable bonds is 7. The van der Waals surface area contributed by atoms with Crippen LogP contribution in [0, 0.1) is 0 Å². The lowest BCUT2D eigenvalue weighted by Crippen LogP contribution is -2.30. The van der Waals surface area contributed by atoms with E-state index in [1.807, 2.05) is 0 Å². The van der Waals surface area contributed by atoms with Crippen molar-refractivity contribution in [3.8, 4) is 5.75 Å². The third-order valence-electron chi connectivity index (χ3n) is 3.45. The summed E-state index contributed by atoms with van der Waals surface area (Å²) < 4.78 is 35.3. The molecule has 0 saturated carbocycles. The Morgan fingerprint density at radius 1 is 1.04 bits per heavy atom. The van der Waals surface area contributed by atoms with E-state index in [9.17, 15) is 18.0 Å². The Morgan fingerprint density at radius 3 is 2.26 bits per heavy atom. The summed E-state index contributed by atoms with van der Waals surface area (Å²) in [4.78, 5) is 24.6. The predicted octanol–water partition coefficient (Wildman–Crippen LogP) is 2.25. The quantitative estimate of drug-likeness (QED) is 0.699. The van der Waals surface area contributed by atoms with Crippen molar-refractivity contribution in [2.75, 3.05) is 23.4 Å². The molecule has 8 nitrogen and oxygen atoms in total. The molecule has 0 aliphatic rings. The maximum Gasteiger partial charge on any atom is 0.341 e. The number of ether oxygens (including phenoxy) is 2. The van der Waals surface area contributed by atoms with E-state index in [4.69, 9.17) is 9.47 Å². The summed E-state index contributed by atoms with van der Waals surface area (Å²) in [7, 11) is -2.04. The van der Waals surface area contributed by atoms with E-state index < -0.39 is 28.0 Å². The first-order valence-corrected chi connectivity index (χ1v) is 9.81.